The number of ether oxygens (including phenoxy) is 1. The molecule has 0 aliphatic carbocycles. The Morgan fingerprint density at radius 2 is 1.79 bits per heavy atom. The van der Waals surface area contributed by atoms with Crippen LogP contribution in [0, 0.1) is 0 Å². The van der Waals surface area contributed by atoms with Crippen LogP contribution in [0.3, 0.4) is 0 Å². The number of halogens is 1. The van der Waals surface area contributed by atoms with Gasteiger partial charge in [-0.2, -0.15) is 4.37 Å². The zero-order valence-corrected chi connectivity index (χ0v) is 19.4. The van der Waals surface area contributed by atoms with Gasteiger partial charge in [-0.05, 0) is 60.4 Å². The number of rotatable bonds is 8. The topological polar surface area (TPSA) is 141 Å². The van der Waals surface area contributed by atoms with Gasteiger partial charge in [-0.15, -0.1) is 0 Å². The fourth-order valence-corrected chi connectivity index (χ4v) is 3.92. The van der Waals surface area contributed by atoms with E-state index in [1.807, 2.05) is 12.1 Å². The average Bonchev–Trinajstić information content (AvgIpc) is 3.20. The van der Waals surface area contributed by atoms with Crippen LogP contribution in [0.1, 0.15) is 32.6 Å². The van der Waals surface area contributed by atoms with E-state index in [0.29, 0.717) is 16.5 Å². The fraction of sp³-hybridized carbons (Fsp3) is 0.182. The summed E-state index contributed by atoms with van der Waals surface area (Å²) in [5, 5.41) is 3.29. The zero-order chi connectivity index (χ0) is 24.1. The largest absolute Gasteiger partial charge is 0.497 e. The normalized spacial score (nSPS) is 11.5. The van der Waals surface area contributed by atoms with Gasteiger partial charge < -0.3 is 21.5 Å². The molecule has 0 radical (unpaired) electrons. The molecule has 33 heavy (non-hydrogen) atoms. The fourth-order valence-electron chi connectivity index (χ4n) is 3.05. The van der Waals surface area contributed by atoms with E-state index < -0.39 is 23.8 Å². The number of methoxy groups -OCH3 is 1. The van der Waals surface area contributed by atoms with Crippen molar-refractivity contribution in [3.8, 4) is 5.75 Å². The van der Waals surface area contributed by atoms with Crippen molar-refractivity contribution in [1.82, 2.24) is 9.69 Å². The van der Waals surface area contributed by atoms with Crippen molar-refractivity contribution in [2.24, 2.45) is 5.73 Å². The van der Waals surface area contributed by atoms with Gasteiger partial charge in [0.1, 0.15) is 16.7 Å². The Morgan fingerprint density at radius 3 is 2.33 bits per heavy atom. The zero-order valence-electron chi connectivity index (χ0n) is 17.9. The Kier molecular flexibility index (Phi) is 7.52. The molecule has 1 aromatic heterocycles. The number of nitrogens with zero attached hydrogens (tertiary/aromatic N) is 2. The van der Waals surface area contributed by atoms with Crippen LogP contribution in [0.15, 0.2) is 48.5 Å². The number of carbonyl (C=O) groups excluding carboxylic acids is 3. The Hall–Kier alpha value is -3.63. The number of amides is 3. The molecule has 0 aliphatic rings. The molecule has 2 aromatic carbocycles. The van der Waals surface area contributed by atoms with Crippen LogP contribution in [0.4, 0.5) is 11.4 Å². The molecular formula is C22H22ClN5O4S. The highest BCUT2D eigenvalue weighted by atomic mass is 35.5. The molecule has 0 saturated heterocycles. The summed E-state index contributed by atoms with van der Waals surface area (Å²) < 4.78 is 9.02. The molecule has 1 atom stereocenters. The number of anilines is 2. The molecule has 11 heteroatoms. The van der Waals surface area contributed by atoms with E-state index in [1.54, 1.807) is 50.4 Å². The van der Waals surface area contributed by atoms with Crippen LogP contribution >= 0.6 is 23.1 Å². The molecule has 1 heterocycles. The molecule has 0 saturated carbocycles. The van der Waals surface area contributed by atoms with Gasteiger partial charge >= 0.3 is 0 Å². The van der Waals surface area contributed by atoms with Gasteiger partial charge in [0.05, 0.1) is 12.8 Å². The van der Waals surface area contributed by atoms with Crippen molar-refractivity contribution in [1.29, 1.82) is 0 Å². The van der Waals surface area contributed by atoms with E-state index in [4.69, 9.17) is 27.8 Å². The second-order valence-corrected chi connectivity index (χ2v) is 8.24. The number of nitrogens with two attached hydrogens (primary N) is 2. The molecule has 9 nitrogen and oxygen atoms in total. The van der Waals surface area contributed by atoms with E-state index in [9.17, 15) is 14.4 Å². The van der Waals surface area contributed by atoms with Crippen molar-refractivity contribution in [3.63, 3.8) is 0 Å². The number of benzene rings is 2. The number of aromatic nitrogens is 1. The molecule has 0 fully saturated rings. The maximum atomic E-state index is 13.4. The van der Waals surface area contributed by atoms with Crippen molar-refractivity contribution in [2.75, 3.05) is 17.7 Å². The maximum Gasteiger partial charge on any atom is 0.272 e. The first-order chi connectivity index (χ1) is 15.7. The monoisotopic (exact) mass is 487 g/mol. The highest BCUT2D eigenvalue weighted by Crippen LogP contribution is 2.28. The first-order valence-corrected chi connectivity index (χ1v) is 10.9. The van der Waals surface area contributed by atoms with Gasteiger partial charge in [-0.3, -0.25) is 19.3 Å². The van der Waals surface area contributed by atoms with Crippen LogP contribution in [0.5, 0.6) is 5.75 Å². The number of hydrogen-bond acceptors (Lipinski definition) is 7. The summed E-state index contributed by atoms with van der Waals surface area (Å²) in [6, 6.07) is 12.7. The highest BCUT2D eigenvalue weighted by molar-refractivity contribution is 7.09. The number of primary amides is 1. The Labute approximate surface area is 199 Å². The number of carbonyl (C=O) groups is 3. The van der Waals surface area contributed by atoms with E-state index in [-0.39, 0.29) is 22.8 Å². The van der Waals surface area contributed by atoms with Gasteiger partial charge in [-0.25, -0.2) is 0 Å². The van der Waals surface area contributed by atoms with Gasteiger partial charge in [0.15, 0.2) is 5.69 Å². The number of nitrogen functional groups attached to an aromatic ring is 1. The number of hydrogen-bond donors (Lipinski definition) is 3. The van der Waals surface area contributed by atoms with Crippen LogP contribution < -0.4 is 26.4 Å². The molecule has 3 rings (SSSR count). The summed E-state index contributed by atoms with van der Waals surface area (Å²) in [5.41, 5.74) is 12.2. The summed E-state index contributed by atoms with van der Waals surface area (Å²) in [5.74, 6) is -1.12. The number of nitrogens with one attached hydrogen (secondary N) is 1. The summed E-state index contributed by atoms with van der Waals surface area (Å²) in [7, 11) is 1.57. The Balaban J connectivity index is 1.86. The molecule has 0 spiro atoms. The minimum absolute atomic E-state index is 0.00792. The molecule has 0 bridgehead atoms. The van der Waals surface area contributed by atoms with Crippen molar-refractivity contribution in [2.45, 2.75) is 19.5 Å². The summed E-state index contributed by atoms with van der Waals surface area (Å²) >= 11 is 6.73. The standard InChI is InChI=1S/C22H22ClN5O4S/c1-12(21(30)26-11-13-3-9-16(32-2)10-4-13)28(15-7-5-14(23)6-8-15)22(31)19-17(24)18(20(25)29)27-33-19/h3-10,12H,11,24H2,1-2H3,(H2,25,29)(H,26,30)/t12-/m1/s1. The minimum Gasteiger partial charge on any atom is -0.497 e. The lowest BCUT2D eigenvalue weighted by atomic mass is 10.1. The van der Waals surface area contributed by atoms with Crippen LogP contribution in [0.2, 0.25) is 5.02 Å². The SMILES string of the molecule is COc1ccc(CNC(=O)[C@@H](C)N(C(=O)c2snc(C(N)=O)c2N)c2ccc(Cl)cc2)cc1. The van der Waals surface area contributed by atoms with Crippen LogP contribution in [-0.2, 0) is 11.3 Å². The van der Waals surface area contributed by atoms with E-state index in [0.717, 1.165) is 17.1 Å². The van der Waals surface area contributed by atoms with Gasteiger partial charge in [0.2, 0.25) is 5.91 Å². The molecule has 172 valence electrons. The second-order valence-electron chi connectivity index (χ2n) is 7.03. The van der Waals surface area contributed by atoms with Crippen LogP contribution in [0.25, 0.3) is 0 Å². The molecule has 3 aromatic rings. The van der Waals surface area contributed by atoms with E-state index >= 15 is 0 Å². The van der Waals surface area contributed by atoms with Gasteiger partial charge in [0, 0.05) is 17.3 Å². The third-order valence-corrected chi connectivity index (χ3v) is 5.97. The van der Waals surface area contributed by atoms with Crippen molar-refractivity contribution >= 4 is 52.2 Å². The lowest BCUT2D eigenvalue weighted by molar-refractivity contribution is -0.122. The maximum absolute atomic E-state index is 13.4. The van der Waals surface area contributed by atoms with Crippen molar-refractivity contribution in [3.05, 3.63) is 69.7 Å². The Morgan fingerprint density at radius 1 is 1.15 bits per heavy atom. The quantitative estimate of drug-likeness (QED) is 0.446. The lowest BCUT2D eigenvalue weighted by Crippen LogP contribution is -2.48. The third-order valence-electron chi connectivity index (χ3n) is 4.87. The molecule has 3 amide bonds. The summed E-state index contributed by atoms with van der Waals surface area (Å²) in [6.45, 7) is 1.84. The lowest BCUT2D eigenvalue weighted by Gasteiger charge is -2.28. The Bertz CT molecular complexity index is 1160. The average molecular weight is 488 g/mol. The van der Waals surface area contributed by atoms with Crippen LogP contribution in [-0.4, -0.2) is 35.2 Å². The molecular weight excluding hydrogens is 466 g/mol. The summed E-state index contributed by atoms with van der Waals surface area (Å²) in [4.78, 5) is 39.2. The van der Waals surface area contributed by atoms with E-state index in [1.165, 1.54) is 4.90 Å². The molecule has 5 N–H and O–H groups in total. The van der Waals surface area contributed by atoms with Gasteiger partial charge in [-0.1, -0.05) is 23.7 Å². The third kappa shape index (κ3) is 5.41. The highest BCUT2D eigenvalue weighted by Gasteiger charge is 2.32. The first-order valence-electron chi connectivity index (χ1n) is 9.77. The first kappa shape index (κ1) is 24.0. The summed E-state index contributed by atoms with van der Waals surface area (Å²) in [6.07, 6.45) is 0. The molecule has 0 unspecified atom stereocenters. The van der Waals surface area contributed by atoms with Crippen molar-refractivity contribution < 1.29 is 19.1 Å². The predicted octanol–water partition coefficient (Wildman–Crippen LogP) is 2.84. The van der Waals surface area contributed by atoms with E-state index in [2.05, 4.69) is 9.69 Å². The second kappa shape index (κ2) is 10.3. The predicted molar refractivity (Wildman–Crippen MR) is 128 cm³/mol. The minimum atomic E-state index is -0.921. The van der Waals surface area contributed by atoms with Gasteiger partial charge in [0.25, 0.3) is 11.8 Å². The smallest absolute Gasteiger partial charge is 0.272 e. The molecule has 0 aliphatic heterocycles.